The third-order valence-electron chi connectivity index (χ3n) is 6.11. The van der Waals surface area contributed by atoms with Gasteiger partial charge in [-0.15, -0.1) is 0 Å². The monoisotopic (exact) mass is 392 g/mol. The lowest BCUT2D eigenvalue weighted by atomic mass is 10.1. The highest BCUT2D eigenvalue weighted by atomic mass is 16.2. The van der Waals surface area contributed by atoms with Gasteiger partial charge >= 0.3 is 0 Å². The predicted molar refractivity (Wildman–Crippen MR) is 118 cm³/mol. The van der Waals surface area contributed by atoms with Crippen LogP contribution < -0.4 is 4.90 Å². The first-order valence-electron chi connectivity index (χ1n) is 10.8. The van der Waals surface area contributed by atoms with Gasteiger partial charge in [0.1, 0.15) is 0 Å². The van der Waals surface area contributed by atoms with Crippen LogP contribution in [0, 0.1) is 0 Å². The summed E-state index contributed by atoms with van der Waals surface area (Å²) in [6.07, 6.45) is 1.00. The number of anilines is 1. The van der Waals surface area contributed by atoms with E-state index in [-0.39, 0.29) is 5.91 Å². The second-order valence-electron chi connectivity index (χ2n) is 8.24. The molecule has 0 aliphatic carbocycles. The Kier molecular flexibility index (Phi) is 6.47. The SMILES string of the molecule is CN1CCN(Cc2ccc(C(=O)N3CCCN(c4ccccc4)CC3)cc2)CC1. The van der Waals surface area contributed by atoms with Crippen LogP contribution >= 0.6 is 0 Å². The van der Waals surface area contributed by atoms with Gasteiger partial charge in [-0.05, 0) is 43.3 Å². The van der Waals surface area contributed by atoms with Gasteiger partial charge in [0.05, 0.1) is 0 Å². The van der Waals surface area contributed by atoms with Crippen LogP contribution in [0.1, 0.15) is 22.3 Å². The van der Waals surface area contributed by atoms with E-state index >= 15 is 0 Å². The fourth-order valence-corrected chi connectivity index (χ4v) is 4.22. The Morgan fingerprint density at radius 1 is 0.793 bits per heavy atom. The maximum absolute atomic E-state index is 13.0. The molecular formula is C24H32N4O. The predicted octanol–water partition coefficient (Wildman–Crippen LogP) is 2.79. The number of nitrogens with zero attached hydrogens (tertiary/aromatic N) is 4. The zero-order chi connectivity index (χ0) is 20.1. The minimum atomic E-state index is 0.158. The van der Waals surface area contributed by atoms with Crippen molar-refractivity contribution in [2.24, 2.45) is 0 Å². The van der Waals surface area contributed by atoms with Crippen molar-refractivity contribution < 1.29 is 4.79 Å². The lowest BCUT2D eigenvalue weighted by Crippen LogP contribution is -2.43. The smallest absolute Gasteiger partial charge is 0.253 e. The lowest BCUT2D eigenvalue weighted by molar-refractivity contribution is 0.0767. The molecule has 2 heterocycles. The molecule has 0 aromatic heterocycles. The summed E-state index contributed by atoms with van der Waals surface area (Å²) in [5, 5.41) is 0. The molecule has 0 bridgehead atoms. The maximum atomic E-state index is 13.0. The molecule has 1 amide bonds. The number of piperazine rings is 1. The van der Waals surface area contributed by atoms with E-state index in [0.717, 1.165) is 70.9 Å². The molecule has 4 rings (SSSR count). The Balaban J connectivity index is 1.33. The van der Waals surface area contributed by atoms with Crippen molar-refractivity contribution in [1.29, 1.82) is 0 Å². The van der Waals surface area contributed by atoms with Gasteiger partial charge in [0.2, 0.25) is 0 Å². The maximum Gasteiger partial charge on any atom is 0.253 e. The van der Waals surface area contributed by atoms with Crippen molar-refractivity contribution in [3.05, 3.63) is 65.7 Å². The third kappa shape index (κ3) is 5.17. The fraction of sp³-hybridized carbons (Fsp3) is 0.458. The van der Waals surface area contributed by atoms with E-state index in [1.807, 2.05) is 23.1 Å². The Bertz CT molecular complexity index is 784. The highest BCUT2D eigenvalue weighted by molar-refractivity contribution is 5.94. The summed E-state index contributed by atoms with van der Waals surface area (Å²) < 4.78 is 0. The number of benzene rings is 2. The molecule has 0 N–H and O–H groups in total. The molecule has 0 unspecified atom stereocenters. The van der Waals surface area contributed by atoms with Crippen LogP contribution in [0.5, 0.6) is 0 Å². The highest BCUT2D eigenvalue weighted by Crippen LogP contribution is 2.17. The topological polar surface area (TPSA) is 30.0 Å². The second-order valence-corrected chi connectivity index (χ2v) is 8.24. The van der Waals surface area contributed by atoms with Gasteiger partial charge in [0.15, 0.2) is 0 Å². The molecule has 2 aliphatic rings. The summed E-state index contributed by atoms with van der Waals surface area (Å²) in [6, 6.07) is 18.8. The van der Waals surface area contributed by atoms with Crippen molar-refractivity contribution in [2.75, 3.05) is 64.3 Å². The molecule has 29 heavy (non-hydrogen) atoms. The van der Waals surface area contributed by atoms with Gasteiger partial charge in [-0.1, -0.05) is 30.3 Å². The van der Waals surface area contributed by atoms with Crippen LogP contribution in [0.2, 0.25) is 0 Å². The van der Waals surface area contributed by atoms with Crippen molar-refractivity contribution in [3.63, 3.8) is 0 Å². The number of amides is 1. The number of carbonyl (C=O) groups is 1. The van der Waals surface area contributed by atoms with Crippen LogP contribution in [0.3, 0.4) is 0 Å². The Hall–Kier alpha value is -2.37. The number of likely N-dealkylation sites (N-methyl/N-ethyl adjacent to an activating group) is 1. The molecular weight excluding hydrogens is 360 g/mol. The molecule has 0 atom stereocenters. The summed E-state index contributed by atoms with van der Waals surface area (Å²) in [7, 11) is 2.18. The molecule has 0 saturated carbocycles. The number of carbonyl (C=O) groups excluding carboxylic acids is 1. The summed E-state index contributed by atoms with van der Waals surface area (Å²) in [5.74, 6) is 0.158. The molecule has 2 fully saturated rings. The van der Waals surface area contributed by atoms with Crippen LogP contribution in [0.4, 0.5) is 5.69 Å². The third-order valence-corrected chi connectivity index (χ3v) is 6.11. The molecule has 2 aliphatic heterocycles. The number of rotatable bonds is 4. The average molecular weight is 393 g/mol. The molecule has 2 aromatic rings. The molecule has 0 spiro atoms. The minimum Gasteiger partial charge on any atom is -0.370 e. The molecule has 5 nitrogen and oxygen atoms in total. The van der Waals surface area contributed by atoms with Gasteiger partial charge in [-0.2, -0.15) is 0 Å². The second kappa shape index (κ2) is 9.42. The first kappa shape index (κ1) is 19.9. The largest absolute Gasteiger partial charge is 0.370 e. The van der Waals surface area contributed by atoms with Gasteiger partial charge in [0, 0.05) is 70.2 Å². The van der Waals surface area contributed by atoms with Crippen molar-refractivity contribution >= 4 is 11.6 Å². The van der Waals surface area contributed by atoms with Crippen LogP contribution in [-0.4, -0.2) is 80.0 Å². The highest BCUT2D eigenvalue weighted by Gasteiger charge is 2.21. The first-order chi connectivity index (χ1) is 14.2. The van der Waals surface area contributed by atoms with E-state index in [1.54, 1.807) is 0 Å². The Morgan fingerprint density at radius 2 is 1.52 bits per heavy atom. The van der Waals surface area contributed by atoms with E-state index in [0.29, 0.717) is 0 Å². The number of hydrogen-bond acceptors (Lipinski definition) is 4. The van der Waals surface area contributed by atoms with Gasteiger partial charge < -0.3 is 14.7 Å². The molecule has 154 valence electrons. The van der Waals surface area contributed by atoms with Crippen molar-refractivity contribution in [1.82, 2.24) is 14.7 Å². The zero-order valence-corrected chi connectivity index (χ0v) is 17.5. The van der Waals surface area contributed by atoms with Crippen molar-refractivity contribution in [2.45, 2.75) is 13.0 Å². The van der Waals surface area contributed by atoms with Crippen LogP contribution in [-0.2, 0) is 6.54 Å². The number of hydrogen-bond donors (Lipinski definition) is 0. The molecule has 2 saturated heterocycles. The van der Waals surface area contributed by atoms with Gasteiger partial charge in [-0.25, -0.2) is 0 Å². The normalized spacial score (nSPS) is 19.2. The van der Waals surface area contributed by atoms with E-state index in [1.165, 1.54) is 11.3 Å². The molecule has 2 aromatic carbocycles. The summed E-state index contributed by atoms with van der Waals surface area (Å²) in [4.78, 5) is 22.3. The first-order valence-corrected chi connectivity index (χ1v) is 10.8. The van der Waals surface area contributed by atoms with E-state index in [9.17, 15) is 4.79 Å². The van der Waals surface area contributed by atoms with E-state index in [4.69, 9.17) is 0 Å². The average Bonchev–Trinajstić information content (AvgIpc) is 3.02. The standard InChI is InChI=1S/C24H32N4O/c1-25-14-16-26(17-15-25)20-21-8-10-22(11-9-21)24(29)28-13-5-12-27(18-19-28)23-6-3-2-4-7-23/h2-4,6-11H,5,12-20H2,1H3. The fourth-order valence-electron chi connectivity index (χ4n) is 4.22. The van der Waals surface area contributed by atoms with Crippen LogP contribution in [0.15, 0.2) is 54.6 Å². The van der Waals surface area contributed by atoms with Crippen molar-refractivity contribution in [3.8, 4) is 0 Å². The van der Waals surface area contributed by atoms with Crippen LogP contribution in [0.25, 0.3) is 0 Å². The summed E-state index contributed by atoms with van der Waals surface area (Å²) in [6.45, 7) is 8.94. The Labute approximate surface area is 174 Å². The number of para-hydroxylation sites is 1. The summed E-state index contributed by atoms with van der Waals surface area (Å²) >= 11 is 0. The zero-order valence-electron chi connectivity index (χ0n) is 17.5. The molecule has 5 heteroatoms. The lowest BCUT2D eigenvalue weighted by Gasteiger charge is -2.32. The minimum absolute atomic E-state index is 0.158. The van der Waals surface area contributed by atoms with E-state index < -0.39 is 0 Å². The quantitative estimate of drug-likeness (QED) is 0.800. The molecule has 0 radical (unpaired) electrons. The van der Waals surface area contributed by atoms with E-state index in [2.05, 4.69) is 58.1 Å². The van der Waals surface area contributed by atoms with Gasteiger partial charge in [0.25, 0.3) is 5.91 Å². The van der Waals surface area contributed by atoms with Gasteiger partial charge in [-0.3, -0.25) is 9.69 Å². The Morgan fingerprint density at radius 3 is 2.24 bits per heavy atom. The summed E-state index contributed by atoms with van der Waals surface area (Å²) in [5.41, 5.74) is 3.34.